The van der Waals surface area contributed by atoms with E-state index in [0.29, 0.717) is 18.4 Å². The maximum absolute atomic E-state index is 12.7. The van der Waals surface area contributed by atoms with E-state index in [1.807, 2.05) is 0 Å². The minimum absolute atomic E-state index is 0.199. The van der Waals surface area contributed by atoms with Crippen molar-refractivity contribution in [3.63, 3.8) is 0 Å². The molecule has 0 rings (SSSR count). The number of esters is 2. The minimum Gasteiger partial charge on any atom is -0.462 e. The standard InChI is InChI=1S/C32H61NO6/c1-6-11-14-21-28(10-5)23-16-19-26-38-31(35)29(39-32(36)33-24-17-12-7-2)30(34)37-25-18-15-22-27(9-4)20-13-8-3/h27-29H,6-26H2,1-5H3,(H,33,36). The quantitative estimate of drug-likeness (QED) is 0.0498. The van der Waals surface area contributed by atoms with Gasteiger partial charge in [-0.15, -0.1) is 0 Å². The fourth-order valence-electron chi connectivity index (χ4n) is 4.75. The molecule has 39 heavy (non-hydrogen) atoms. The van der Waals surface area contributed by atoms with Crippen LogP contribution in [0.1, 0.15) is 150 Å². The van der Waals surface area contributed by atoms with Crippen molar-refractivity contribution in [1.82, 2.24) is 5.32 Å². The highest BCUT2D eigenvalue weighted by Crippen LogP contribution is 2.20. The van der Waals surface area contributed by atoms with E-state index in [-0.39, 0.29) is 13.2 Å². The number of rotatable bonds is 26. The summed E-state index contributed by atoms with van der Waals surface area (Å²) in [5.41, 5.74) is 0. The number of ether oxygens (including phenoxy) is 3. The van der Waals surface area contributed by atoms with Crippen molar-refractivity contribution in [3.8, 4) is 0 Å². The second-order valence-corrected chi connectivity index (χ2v) is 10.9. The van der Waals surface area contributed by atoms with Gasteiger partial charge in [0.2, 0.25) is 0 Å². The summed E-state index contributed by atoms with van der Waals surface area (Å²) in [6.07, 6.45) is 16.9. The average molecular weight is 556 g/mol. The van der Waals surface area contributed by atoms with Crippen LogP contribution in [0.25, 0.3) is 0 Å². The molecule has 0 aliphatic rings. The van der Waals surface area contributed by atoms with Crippen LogP contribution in [-0.4, -0.2) is 43.9 Å². The summed E-state index contributed by atoms with van der Waals surface area (Å²) < 4.78 is 15.9. The van der Waals surface area contributed by atoms with E-state index in [4.69, 9.17) is 14.2 Å². The van der Waals surface area contributed by atoms with Crippen molar-refractivity contribution in [1.29, 1.82) is 0 Å². The number of hydrogen-bond acceptors (Lipinski definition) is 6. The van der Waals surface area contributed by atoms with Gasteiger partial charge in [-0.05, 0) is 43.9 Å². The van der Waals surface area contributed by atoms with Crippen LogP contribution in [0.15, 0.2) is 0 Å². The number of carbonyl (C=O) groups excluding carboxylic acids is 3. The van der Waals surface area contributed by atoms with Crippen LogP contribution in [0.3, 0.4) is 0 Å². The predicted molar refractivity (Wildman–Crippen MR) is 159 cm³/mol. The number of carbonyl (C=O) groups is 3. The Morgan fingerprint density at radius 1 is 0.564 bits per heavy atom. The summed E-state index contributed by atoms with van der Waals surface area (Å²) in [6, 6.07) is 0. The van der Waals surface area contributed by atoms with Crippen molar-refractivity contribution >= 4 is 18.0 Å². The second kappa shape index (κ2) is 26.4. The van der Waals surface area contributed by atoms with E-state index in [9.17, 15) is 14.4 Å². The number of unbranched alkanes of at least 4 members (excludes halogenated alkanes) is 7. The van der Waals surface area contributed by atoms with E-state index >= 15 is 0 Å². The maximum Gasteiger partial charge on any atom is 0.408 e. The lowest BCUT2D eigenvalue weighted by Crippen LogP contribution is -2.41. The Hall–Kier alpha value is -1.79. The molecule has 1 amide bonds. The summed E-state index contributed by atoms with van der Waals surface area (Å²) in [5, 5.41) is 2.61. The lowest BCUT2D eigenvalue weighted by Gasteiger charge is -2.17. The third kappa shape index (κ3) is 20.7. The molecule has 3 atom stereocenters. The second-order valence-electron chi connectivity index (χ2n) is 10.9. The summed E-state index contributed by atoms with van der Waals surface area (Å²) in [7, 11) is 0. The smallest absolute Gasteiger partial charge is 0.408 e. The SMILES string of the molecule is CCCCCNC(=O)OC(C(=O)OCCCCC(CC)CCCC)C(=O)OCCCCC(CC)CCCCC. The molecule has 0 aromatic heterocycles. The molecule has 0 bridgehead atoms. The molecular weight excluding hydrogens is 494 g/mol. The molecule has 0 aliphatic heterocycles. The Bertz CT molecular complexity index is 611. The highest BCUT2D eigenvalue weighted by Gasteiger charge is 2.34. The summed E-state index contributed by atoms with van der Waals surface area (Å²) in [5.74, 6) is -0.311. The molecule has 3 unspecified atom stereocenters. The zero-order chi connectivity index (χ0) is 29.1. The normalized spacial score (nSPS) is 13.4. The van der Waals surface area contributed by atoms with Gasteiger partial charge in [-0.2, -0.15) is 0 Å². The summed E-state index contributed by atoms with van der Waals surface area (Å²) in [6.45, 7) is 11.8. The molecule has 0 aromatic carbocycles. The first-order chi connectivity index (χ1) is 18.9. The van der Waals surface area contributed by atoms with E-state index in [1.54, 1.807) is 0 Å². The Labute approximate surface area is 239 Å². The molecule has 0 fully saturated rings. The number of alkyl carbamates (subject to hydrolysis) is 1. The van der Waals surface area contributed by atoms with Gasteiger partial charge in [0.15, 0.2) is 0 Å². The van der Waals surface area contributed by atoms with E-state index in [1.165, 1.54) is 44.9 Å². The topological polar surface area (TPSA) is 90.9 Å². The van der Waals surface area contributed by atoms with Crippen LogP contribution >= 0.6 is 0 Å². The zero-order valence-corrected chi connectivity index (χ0v) is 26.0. The van der Waals surface area contributed by atoms with Gasteiger partial charge in [0, 0.05) is 6.54 Å². The first-order valence-electron chi connectivity index (χ1n) is 16.2. The Morgan fingerprint density at radius 3 is 1.46 bits per heavy atom. The minimum atomic E-state index is -1.69. The molecule has 0 aliphatic carbocycles. The van der Waals surface area contributed by atoms with Crippen molar-refractivity contribution in [3.05, 3.63) is 0 Å². The maximum atomic E-state index is 12.7. The average Bonchev–Trinajstić information content (AvgIpc) is 2.94. The van der Waals surface area contributed by atoms with Crippen molar-refractivity contribution < 1.29 is 28.6 Å². The van der Waals surface area contributed by atoms with Crippen LogP contribution in [0.5, 0.6) is 0 Å². The van der Waals surface area contributed by atoms with Gasteiger partial charge in [-0.1, -0.05) is 118 Å². The van der Waals surface area contributed by atoms with Gasteiger partial charge in [-0.25, -0.2) is 14.4 Å². The fraction of sp³-hybridized carbons (Fsp3) is 0.906. The monoisotopic (exact) mass is 555 g/mol. The molecule has 230 valence electrons. The number of nitrogens with one attached hydrogen (secondary N) is 1. The van der Waals surface area contributed by atoms with Gasteiger partial charge in [-0.3, -0.25) is 0 Å². The Morgan fingerprint density at radius 2 is 1.00 bits per heavy atom. The molecule has 0 spiro atoms. The van der Waals surface area contributed by atoms with Crippen molar-refractivity contribution in [2.45, 2.75) is 156 Å². The molecule has 7 nitrogen and oxygen atoms in total. The summed E-state index contributed by atoms with van der Waals surface area (Å²) >= 11 is 0. The lowest BCUT2D eigenvalue weighted by atomic mass is 9.93. The van der Waals surface area contributed by atoms with Crippen LogP contribution in [-0.2, 0) is 23.8 Å². The van der Waals surface area contributed by atoms with Crippen LogP contribution in [0.4, 0.5) is 4.79 Å². The van der Waals surface area contributed by atoms with Crippen molar-refractivity contribution in [2.24, 2.45) is 11.8 Å². The zero-order valence-electron chi connectivity index (χ0n) is 26.0. The molecule has 1 N–H and O–H groups in total. The molecule has 0 heterocycles. The van der Waals surface area contributed by atoms with Crippen LogP contribution in [0.2, 0.25) is 0 Å². The van der Waals surface area contributed by atoms with Crippen molar-refractivity contribution in [2.75, 3.05) is 19.8 Å². The third-order valence-electron chi connectivity index (χ3n) is 7.54. The first kappa shape index (κ1) is 37.2. The highest BCUT2D eigenvalue weighted by molar-refractivity contribution is 5.99. The van der Waals surface area contributed by atoms with E-state index < -0.39 is 24.1 Å². The molecule has 7 heteroatoms. The Kier molecular flexibility index (Phi) is 25.2. The largest absolute Gasteiger partial charge is 0.462 e. The lowest BCUT2D eigenvalue weighted by molar-refractivity contribution is -0.169. The highest BCUT2D eigenvalue weighted by atomic mass is 16.6. The molecule has 0 radical (unpaired) electrons. The van der Waals surface area contributed by atoms with Gasteiger partial charge < -0.3 is 19.5 Å². The van der Waals surface area contributed by atoms with Gasteiger partial charge in [0.1, 0.15) is 0 Å². The number of amides is 1. The van der Waals surface area contributed by atoms with E-state index in [0.717, 1.165) is 70.6 Å². The fourth-order valence-corrected chi connectivity index (χ4v) is 4.75. The molecular formula is C32H61NO6. The van der Waals surface area contributed by atoms with E-state index in [2.05, 4.69) is 39.9 Å². The van der Waals surface area contributed by atoms with Gasteiger partial charge >= 0.3 is 18.0 Å². The first-order valence-corrected chi connectivity index (χ1v) is 16.2. The van der Waals surface area contributed by atoms with Gasteiger partial charge in [0.25, 0.3) is 6.10 Å². The molecule has 0 saturated heterocycles. The van der Waals surface area contributed by atoms with Crippen LogP contribution in [0, 0.1) is 11.8 Å². The van der Waals surface area contributed by atoms with Crippen LogP contribution < -0.4 is 5.32 Å². The number of hydrogen-bond donors (Lipinski definition) is 1. The van der Waals surface area contributed by atoms with Gasteiger partial charge in [0.05, 0.1) is 13.2 Å². The Balaban J connectivity index is 4.66. The summed E-state index contributed by atoms with van der Waals surface area (Å²) in [4.78, 5) is 37.7. The third-order valence-corrected chi connectivity index (χ3v) is 7.54. The predicted octanol–water partition coefficient (Wildman–Crippen LogP) is 8.52. The molecule has 0 saturated carbocycles. The molecule has 0 aromatic rings.